The van der Waals surface area contributed by atoms with Gasteiger partial charge in [-0.15, -0.1) is 0 Å². The fraction of sp³-hybridized carbons (Fsp3) is 0.455. The minimum atomic E-state index is -2.38. The molecule has 0 aromatic heterocycles. The van der Waals surface area contributed by atoms with E-state index in [-0.39, 0.29) is 12.4 Å². The van der Waals surface area contributed by atoms with Gasteiger partial charge in [0.25, 0.3) is 0 Å². The second kappa shape index (κ2) is 5.75. The summed E-state index contributed by atoms with van der Waals surface area (Å²) in [6.07, 6.45) is -1.54. The molecule has 1 unspecified atom stereocenters. The van der Waals surface area contributed by atoms with Gasteiger partial charge in [-0.3, -0.25) is 0 Å². The fourth-order valence-electron chi connectivity index (χ4n) is 1.35. The Balaban J connectivity index is 2.45. The first-order valence-corrected chi connectivity index (χ1v) is 4.86. The molecule has 15 heavy (non-hydrogen) atoms. The Hall–Kier alpha value is -1.03. The molecule has 0 saturated carbocycles. The zero-order valence-corrected chi connectivity index (χ0v) is 8.30. The molecule has 0 amide bonds. The molecular weight excluding hydrogens is 203 g/mol. The first-order chi connectivity index (χ1) is 7.13. The SMILES string of the molecule is NCC(CCc1ccc(F)cc1)C(F)F. The average Bonchev–Trinajstić information content (AvgIpc) is 2.21. The van der Waals surface area contributed by atoms with Crippen molar-refractivity contribution in [1.29, 1.82) is 0 Å². The smallest absolute Gasteiger partial charge is 0.242 e. The number of alkyl halides is 2. The van der Waals surface area contributed by atoms with Crippen molar-refractivity contribution < 1.29 is 13.2 Å². The Morgan fingerprint density at radius 1 is 1.13 bits per heavy atom. The largest absolute Gasteiger partial charge is 0.330 e. The van der Waals surface area contributed by atoms with Gasteiger partial charge in [0.05, 0.1) is 0 Å². The Bertz CT molecular complexity index is 284. The Morgan fingerprint density at radius 3 is 2.20 bits per heavy atom. The Kier molecular flexibility index (Phi) is 4.62. The molecular formula is C11H14F3N. The maximum atomic E-state index is 12.5. The number of benzene rings is 1. The van der Waals surface area contributed by atoms with Crippen molar-refractivity contribution in [2.75, 3.05) is 6.54 Å². The van der Waals surface area contributed by atoms with E-state index in [9.17, 15) is 13.2 Å². The van der Waals surface area contributed by atoms with E-state index in [1.54, 1.807) is 12.1 Å². The number of halogens is 3. The van der Waals surface area contributed by atoms with Crippen LogP contribution in [0.15, 0.2) is 24.3 Å². The van der Waals surface area contributed by atoms with Crippen molar-refractivity contribution >= 4 is 0 Å². The predicted molar refractivity (Wildman–Crippen MR) is 53.3 cm³/mol. The average molecular weight is 217 g/mol. The summed E-state index contributed by atoms with van der Waals surface area (Å²) in [5, 5.41) is 0. The second-order valence-corrected chi connectivity index (χ2v) is 3.50. The lowest BCUT2D eigenvalue weighted by Gasteiger charge is -2.12. The summed E-state index contributed by atoms with van der Waals surface area (Å²) in [6.45, 7) is -0.0150. The minimum Gasteiger partial charge on any atom is -0.330 e. The van der Waals surface area contributed by atoms with Gasteiger partial charge in [-0.2, -0.15) is 0 Å². The van der Waals surface area contributed by atoms with Gasteiger partial charge >= 0.3 is 0 Å². The Morgan fingerprint density at radius 2 is 1.73 bits per heavy atom. The normalized spacial score (nSPS) is 13.1. The predicted octanol–water partition coefficient (Wildman–Crippen LogP) is 2.60. The highest BCUT2D eigenvalue weighted by atomic mass is 19.3. The van der Waals surface area contributed by atoms with Crippen molar-refractivity contribution in [3.05, 3.63) is 35.6 Å². The molecule has 0 spiro atoms. The summed E-state index contributed by atoms with van der Waals surface area (Å²) in [7, 11) is 0. The van der Waals surface area contributed by atoms with Crippen LogP contribution in [0.3, 0.4) is 0 Å². The molecule has 0 fully saturated rings. The van der Waals surface area contributed by atoms with Crippen LogP contribution in [-0.4, -0.2) is 13.0 Å². The second-order valence-electron chi connectivity index (χ2n) is 3.50. The van der Waals surface area contributed by atoms with E-state index in [1.807, 2.05) is 0 Å². The quantitative estimate of drug-likeness (QED) is 0.806. The van der Waals surface area contributed by atoms with Crippen LogP contribution in [0.2, 0.25) is 0 Å². The molecule has 0 bridgehead atoms. The van der Waals surface area contributed by atoms with E-state index in [0.29, 0.717) is 12.8 Å². The standard InChI is InChI=1S/C11H14F3N/c12-10-5-2-8(3-6-10)1-4-9(7-15)11(13)14/h2-3,5-6,9,11H,1,4,7,15H2. The highest BCUT2D eigenvalue weighted by molar-refractivity contribution is 5.16. The van der Waals surface area contributed by atoms with Crippen molar-refractivity contribution in [1.82, 2.24) is 0 Å². The number of hydrogen-bond acceptors (Lipinski definition) is 1. The van der Waals surface area contributed by atoms with Gasteiger partial charge in [0, 0.05) is 12.5 Å². The molecule has 1 atom stereocenters. The van der Waals surface area contributed by atoms with E-state index in [0.717, 1.165) is 5.56 Å². The van der Waals surface area contributed by atoms with Gasteiger partial charge in [-0.05, 0) is 30.5 Å². The molecule has 84 valence electrons. The number of hydrogen-bond donors (Lipinski definition) is 1. The third-order valence-corrected chi connectivity index (χ3v) is 2.38. The van der Waals surface area contributed by atoms with Crippen LogP contribution >= 0.6 is 0 Å². The van der Waals surface area contributed by atoms with E-state index in [1.165, 1.54) is 12.1 Å². The number of aryl methyl sites for hydroxylation is 1. The van der Waals surface area contributed by atoms with Crippen LogP contribution in [0.1, 0.15) is 12.0 Å². The molecule has 0 aliphatic heterocycles. The van der Waals surface area contributed by atoms with Crippen LogP contribution in [0.25, 0.3) is 0 Å². The number of rotatable bonds is 5. The lowest BCUT2D eigenvalue weighted by molar-refractivity contribution is 0.0769. The van der Waals surface area contributed by atoms with Crippen LogP contribution < -0.4 is 5.73 Å². The molecule has 1 nitrogen and oxygen atoms in total. The third-order valence-electron chi connectivity index (χ3n) is 2.38. The Labute approximate surface area is 87.1 Å². The maximum Gasteiger partial charge on any atom is 0.242 e. The molecule has 1 aromatic carbocycles. The van der Waals surface area contributed by atoms with Crippen LogP contribution in [0, 0.1) is 11.7 Å². The number of nitrogens with two attached hydrogens (primary N) is 1. The van der Waals surface area contributed by atoms with Crippen LogP contribution in [0.5, 0.6) is 0 Å². The molecule has 0 saturated heterocycles. The molecule has 0 heterocycles. The highest BCUT2D eigenvalue weighted by Crippen LogP contribution is 2.16. The van der Waals surface area contributed by atoms with Crippen molar-refractivity contribution in [3.63, 3.8) is 0 Å². The zero-order valence-electron chi connectivity index (χ0n) is 8.30. The summed E-state index contributed by atoms with van der Waals surface area (Å²) in [5.41, 5.74) is 6.08. The van der Waals surface area contributed by atoms with Gasteiger partial charge < -0.3 is 5.73 Å². The van der Waals surface area contributed by atoms with Crippen molar-refractivity contribution in [2.45, 2.75) is 19.3 Å². The molecule has 1 rings (SSSR count). The first kappa shape index (κ1) is 12.0. The lowest BCUT2D eigenvalue weighted by atomic mass is 10.00. The van der Waals surface area contributed by atoms with E-state index in [2.05, 4.69) is 0 Å². The fourth-order valence-corrected chi connectivity index (χ4v) is 1.35. The summed E-state index contributed by atoms with van der Waals surface area (Å²) in [4.78, 5) is 0. The monoisotopic (exact) mass is 217 g/mol. The summed E-state index contributed by atoms with van der Waals surface area (Å²) in [6, 6.07) is 5.87. The highest BCUT2D eigenvalue weighted by Gasteiger charge is 2.17. The topological polar surface area (TPSA) is 26.0 Å². The maximum absolute atomic E-state index is 12.5. The zero-order chi connectivity index (χ0) is 11.3. The van der Waals surface area contributed by atoms with Crippen molar-refractivity contribution in [3.8, 4) is 0 Å². The summed E-state index contributed by atoms with van der Waals surface area (Å²) < 4.78 is 37.2. The molecule has 0 radical (unpaired) electrons. The molecule has 1 aromatic rings. The summed E-state index contributed by atoms with van der Waals surface area (Å²) in [5.74, 6) is -1.09. The van der Waals surface area contributed by atoms with Gasteiger partial charge in [0.15, 0.2) is 0 Å². The minimum absolute atomic E-state index is 0.0150. The molecule has 4 heteroatoms. The first-order valence-electron chi connectivity index (χ1n) is 4.86. The third kappa shape index (κ3) is 3.91. The van der Waals surface area contributed by atoms with E-state index >= 15 is 0 Å². The molecule has 0 aliphatic carbocycles. The van der Waals surface area contributed by atoms with Crippen LogP contribution in [-0.2, 0) is 6.42 Å². The summed E-state index contributed by atoms with van der Waals surface area (Å²) >= 11 is 0. The van der Waals surface area contributed by atoms with Crippen LogP contribution in [0.4, 0.5) is 13.2 Å². The van der Waals surface area contributed by atoms with Gasteiger partial charge in [0.2, 0.25) is 6.43 Å². The van der Waals surface area contributed by atoms with E-state index in [4.69, 9.17) is 5.73 Å². The lowest BCUT2D eigenvalue weighted by Crippen LogP contribution is -2.22. The molecule has 0 aliphatic rings. The van der Waals surface area contributed by atoms with Crippen molar-refractivity contribution in [2.24, 2.45) is 11.7 Å². The van der Waals surface area contributed by atoms with Gasteiger partial charge in [-0.1, -0.05) is 12.1 Å². The van der Waals surface area contributed by atoms with E-state index < -0.39 is 12.3 Å². The van der Waals surface area contributed by atoms with Gasteiger partial charge in [-0.25, -0.2) is 13.2 Å². The molecule has 2 N–H and O–H groups in total. The van der Waals surface area contributed by atoms with Gasteiger partial charge in [0.1, 0.15) is 5.82 Å².